The molecule has 6 nitrogen and oxygen atoms in total. The molecule has 2 heterocycles. The van der Waals surface area contributed by atoms with Crippen LogP contribution >= 0.6 is 0 Å². The van der Waals surface area contributed by atoms with E-state index in [-0.39, 0.29) is 11.6 Å². The maximum Gasteiger partial charge on any atom is 0.300 e. The van der Waals surface area contributed by atoms with Crippen LogP contribution in [0.4, 0.5) is 0 Å². The van der Waals surface area contributed by atoms with Gasteiger partial charge in [0.15, 0.2) is 11.2 Å². The molecule has 2 aromatic heterocycles. The van der Waals surface area contributed by atoms with Crippen LogP contribution in [0.25, 0.3) is 11.2 Å². The molecule has 0 radical (unpaired) electrons. The standard InChI is InChI=1S/C7H8N4O2/c1-11-6(12)4-5(9-3-8-4)10-7(11)13-2/h3H,1-2H3,(H,8,9). The van der Waals surface area contributed by atoms with E-state index < -0.39 is 0 Å². The summed E-state index contributed by atoms with van der Waals surface area (Å²) in [5.41, 5.74) is 0.572. The lowest BCUT2D eigenvalue weighted by atomic mass is 10.5. The van der Waals surface area contributed by atoms with Gasteiger partial charge in [-0.3, -0.25) is 9.36 Å². The van der Waals surface area contributed by atoms with E-state index in [1.165, 1.54) is 18.0 Å². The largest absolute Gasteiger partial charge is 0.468 e. The van der Waals surface area contributed by atoms with Crippen LogP contribution in [0.1, 0.15) is 0 Å². The van der Waals surface area contributed by atoms with Gasteiger partial charge in [0.1, 0.15) is 0 Å². The smallest absolute Gasteiger partial charge is 0.300 e. The van der Waals surface area contributed by atoms with Crippen molar-refractivity contribution in [1.82, 2.24) is 19.5 Å². The second-order valence-electron chi connectivity index (χ2n) is 2.56. The molecule has 1 N–H and O–H groups in total. The van der Waals surface area contributed by atoms with Crippen LogP contribution in [0.2, 0.25) is 0 Å². The Bertz CT molecular complexity index is 499. The summed E-state index contributed by atoms with van der Waals surface area (Å²) < 4.78 is 6.22. The second kappa shape index (κ2) is 2.58. The maximum absolute atomic E-state index is 11.5. The zero-order chi connectivity index (χ0) is 9.42. The van der Waals surface area contributed by atoms with Gasteiger partial charge in [0.2, 0.25) is 0 Å². The lowest BCUT2D eigenvalue weighted by molar-refractivity contribution is 0.359. The highest BCUT2D eigenvalue weighted by Gasteiger charge is 2.09. The van der Waals surface area contributed by atoms with Crippen molar-refractivity contribution in [2.75, 3.05) is 7.11 Å². The first-order valence-electron chi connectivity index (χ1n) is 3.68. The van der Waals surface area contributed by atoms with E-state index in [4.69, 9.17) is 4.74 Å². The highest BCUT2D eigenvalue weighted by molar-refractivity contribution is 5.68. The zero-order valence-electron chi connectivity index (χ0n) is 7.24. The summed E-state index contributed by atoms with van der Waals surface area (Å²) in [6.07, 6.45) is 1.43. The molecule has 0 bridgehead atoms. The van der Waals surface area contributed by atoms with E-state index in [9.17, 15) is 4.79 Å². The van der Waals surface area contributed by atoms with Crippen molar-refractivity contribution in [1.29, 1.82) is 0 Å². The lowest BCUT2D eigenvalue weighted by Gasteiger charge is -2.03. The number of aromatic nitrogens is 4. The fraction of sp³-hybridized carbons (Fsp3) is 0.286. The monoisotopic (exact) mass is 180 g/mol. The van der Waals surface area contributed by atoms with Crippen molar-refractivity contribution in [2.24, 2.45) is 7.05 Å². The van der Waals surface area contributed by atoms with Crippen molar-refractivity contribution in [3.8, 4) is 6.01 Å². The van der Waals surface area contributed by atoms with E-state index in [1.54, 1.807) is 7.05 Å². The number of ether oxygens (including phenoxy) is 1. The number of rotatable bonds is 1. The molecular weight excluding hydrogens is 172 g/mol. The number of aromatic amines is 1. The minimum absolute atomic E-state index is 0.195. The first kappa shape index (κ1) is 7.78. The molecule has 0 saturated carbocycles. The van der Waals surface area contributed by atoms with Gasteiger partial charge in [-0.1, -0.05) is 0 Å². The Morgan fingerprint density at radius 1 is 1.62 bits per heavy atom. The van der Waals surface area contributed by atoms with Gasteiger partial charge < -0.3 is 9.72 Å². The average Bonchev–Trinajstić information content (AvgIpc) is 2.59. The first-order valence-corrected chi connectivity index (χ1v) is 3.68. The van der Waals surface area contributed by atoms with Gasteiger partial charge in [0, 0.05) is 7.05 Å². The molecule has 68 valence electrons. The number of H-pyrrole nitrogens is 1. The van der Waals surface area contributed by atoms with E-state index in [0.29, 0.717) is 11.2 Å². The lowest BCUT2D eigenvalue weighted by Crippen LogP contribution is -2.19. The van der Waals surface area contributed by atoms with Crippen molar-refractivity contribution >= 4 is 11.2 Å². The molecule has 0 atom stereocenters. The fourth-order valence-electron chi connectivity index (χ4n) is 1.13. The molecule has 13 heavy (non-hydrogen) atoms. The topological polar surface area (TPSA) is 72.8 Å². The van der Waals surface area contributed by atoms with Gasteiger partial charge in [-0.2, -0.15) is 4.98 Å². The Labute approximate surface area is 73.2 Å². The fourth-order valence-corrected chi connectivity index (χ4v) is 1.13. The Morgan fingerprint density at radius 2 is 2.38 bits per heavy atom. The van der Waals surface area contributed by atoms with Gasteiger partial charge in [-0.05, 0) is 0 Å². The number of hydrogen-bond donors (Lipinski definition) is 1. The number of hydrogen-bond acceptors (Lipinski definition) is 4. The van der Waals surface area contributed by atoms with Crippen molar-refractivity contribution < 1.29 is 4.74 Å². The zero-order valence-corrected chi connectivity index (χ0v) is 7.24. The molecule has 0 spiro atoms. The summed E-state index contributed by atoms with van der Waals surface area (Å²) in [4.78, 5) is 22.1. The van der Waals surface area contributed by atoms with E-state index in [1.807, 2.05) is 0 Å². The Hall–Kier alpha value is -1.85. The molecule has 0 aliphatic rings. The van der Waals surface area contributed by atoms with Gasteiger partial charge >= 0.3 is 6.01 Å². The summed E-state index contributed by atoms with van der Waals surface area (Å²) in [6.45, 7) is 0. The summed E-state index contributed by atoms with van der Waals surface area (Å²) >= 11 is 0. The molecule has 0 aromatic carbocycles. The molecule has 0 aliphatic heterocycles. The summed E-state index contributed by atoms with van der Waals surface area (Å²) in [5, 5.41) is 0. The van der Waals surface area contributed by atoms with Crippen LogP contribution in [-0.4, -0.2) is 26.6 Å². The van der Waals surface area contributed by atoms with Crippen LogP contribution in [-0.2, 0) is 7.05 Å². The number of nitrogens with one attached hydrogen (secondary N) is 1. The van der Waals surface area contributed by atoms with Crippen LogP contribution < -0.4 is 10.3 Å². The third-order valence-electron chi connectivity index (χ3n) is 1.81. The molecule has 0 amide bonds. The van der Waals surface area contributed by atoms with E-state index in [2.05, 4.69) is 15.0 Å². The number of imidazole rings is 1. The number of methoxy groups -OCH3 is 1. The molecule has 2 aromatic rings. The molecular formula is C7H8N4O2. The third kappa shape index (κ3) is 0.986. The molecule has 6 heteroatoms. The van der Waals surface area contributed by atoms with Gasteiger partial charge in [0.25, 0.3) is 5.56 Å². The van der Waals surface area contributed by atoms with Gasteiger partial charge in [-0.25, -0.2) is 4.98 Å². The molecule has 2 rings (SSSR count). The van der Waals surface area contributed by atoms with Crippen LogP contribution in [0.15, 0.2) is 11.1 Å². The van der Waals surface area contributed by atoms with Crippen molar-refractivity contribution in [3.63, 3.8) is 0 Å². The molecule has 0 fully saturated rings. The van der Waals surface area contributed by atoms with Crippen LogP contribution in [0.5, 0.6) is 6.01 Å². The Balaban J connectivity index is 2.92. The highest BCUT2D eigenvalue weighted by atomic mass is 16.5. The van der Waals surface area contributed by atoms with Crippen molar-refractivity contribution in [2.45, 2.75) is 0 Å². The molecule has 0 unspecified atom stereocenters. The summed E-state index contributed by atoms with van der Waals surface area (Å²) in [7, 11) is 3.05. The summed E-state index contributed by atoms with van der Waals surface area (Å²) in [6, 6.07) is 0.254. The van der Waals surface area contributed by atoms with Gasteiger partial charge in [0.05, 0.1) is 13.4 Å². The molecule has 0 aliphatic carbocycles. The predicted octanol–water partition coefficient (Wildman–Crippen LogP) is -0.335. The predicted molar refractivity (Wildman–Crippen MR) is 45.7 cm³/mol. The van der Waals surface area contributed by atoms with Gasteiger partial charge in [-0.15, -0.1) is 0 Å². The summed E-state index contributed by atoms with van der Waals surface area (Å²) in [5.74, 6) is 0. The van der Waals surface area contributed by atoms with Crippen molar-refractivity contribution in [3.05, 3.63) is 16.7 Å². The normalized spacial score (nSPS) is 10.6. The SMILES string of the molecule is COc1nc2nc[nH]c2c(=O)n1C. The van der Waals surface area contributed by atoms with E-state index >= 15 is 0 Å². The number of fused-ring (bicyclic) bond motifs is 1. The maximum atomic E-state index is 11.5. The minimum Gasteiger partial charge on any atom is -0.468 e. The third-order valence-corrected chi connectivity index (χ3v) is 1.81. The molecule has 0 saturated heterocycles. The average molecular weight is 180 g/mol. The number of nitrogens with zero attached hydrogens (tertiary/aromatic N) is 3. The van der Waals surface area contributed by atoms with Crippen LogP contribution in [0.3, 0.4) is 0 Å². The Kier molecular flexibility index (Phi) is 1.54. The minimum atomic E-state index is -0.195. The highest BCUT2D eigenvalue weighted by Crippen LogP contribution is 2.06. The Morgan fingerprint density at radius 3 is 3.08 bits per heavy atom. The first-order chi connectivity index (χ1) is 6.24. The van der Waals surface area contributed by atoms with E-state index in [0.717, 1.165) is 0 Å². The second-order valence-corrected chi connectivity index (χ2v) is 2.56. The van der Waals surface area contributed by atoms with Crippen LogP contribution in [0, 0.1) is 0 Å². The quantitative estimate of drug-likeness (QED) is 0.651.